The average Bonchev–Trinajstić information content (AvgIpc) is 3.27. The number of carbonyl (C=O) groups is 2. The van der Waals surface area contributed by atoms with Crippen molar-refractivity contribution in [2.24, 2.45) is 4.99 Å². The lowest BCUT2D eigenvalue weighted by Crippen LogP contribution is -2.33. The van der Waals surface area contributed by atoms with Crippen LogP contribution in [0.3, 0.4) is 0 Å². The number of urea groups is 1. The fraction of sp³-hybridized carbons (Fsp3) is 0.364. The number of hydrogen-bond donors (Lipinski definition) is 1. The van der Waals surface area contributed by atoms with Gasteiger partial charge in [0.25, 0.3) is 5.91 Å². The number of allylic oxidation sites excluding steroid dienone is 1. The first-order chi connectivity index (χ1) is 14.9. The smallest absolute Gasteiger partial charge is 0.326 e. The van der Waals surface area contributed by atoms with E-state index in [2.05, 4.69) is 15.3 Å². The summed E-state index contributed by atoms with van der Waals surface area (Å²) in [5.74, 6) is -0.504. The molecule has 7 nitrogen and oxygen atoms in total. The lowest BCUT2D eigenvalue weighted by atomic mass is 10.1. The molecule has 2 aliphatic rings. The van der Waals surface area contributed by atoms with Crippen molar-refractivity contribution in [3.63, 3.8) is 0 Å². The van der Waals surface area contributed by atoms with Gasteiger partial charge in [0, 0.05) is 25.8 Å². The number of benzene rings is 1. The molecule has 2 aliphatic heterocycles. The van der Waals surface area contributed by atoms with Crippen molar-refractivity contribution in [2.75, 3.05) is 18.0 Å². The van der Waals surface area contributed by atoms with Crippen molar-refractivity contribution in [3.8, 4) is 0 Å². The van der Waals surface area contributed by atoms with Crippen LogP contribution in [0.5, 0.6) is 0 Å². The van der Waals surface area contributed by atoms with E-state index in [0.29, 0.717) is 35.3 Å². The molecule has 0 saturated carbocycles. The number of rotatable bonds is 6. The van der Waals surface area contributed by atoms with E-state index in [1.54, 1.807) is 35.1 Å². The Balaban J connectivity index is 1.43. The van der Waals surface area contributed by atoms with E-state index in [0.717, 1.165) is 12.0 Å². The first-order valence-corrected chi connectivity index (χ1v) is 11.0. The minimum absolute atomic E-state index is 0.0434. The van der Waals surface area contributed by atoms with Gasteiger partial charge in [-0.05, 0) is 44.0 Å². The lowest BCUT2D eigenvalue weighted by Gasteiger charge is -2.18. The summed E-state index contributed by atoms with van der Waals surface area (Å²) in [6, 6.07) is 5.93. The molecule has 0 spiro atoms. The second-order valence-electron chi connectivity index (χ2n) is 7.75. The molecule has 2 aromatic rings. The van der Waals surface area contributed by atoms with Gasteiger partial charge in [-0.2, -0.15) is 0 Å². The summed E-state index contributed by atoms with van der Waals surface area (Å²) in [4.78, 5) is 38.4. The van der Waals surface area contributed by atoms with Crippen LogP contribution >= 0.6 is 11.3 Å². The number of amides is 3. The zero-order valence-corrected chi connectivity index (χ0v) is 18.2. The van der Waals surface area contributed by atoms with Crippen molar-refractivity contribution in [3.05, 3.63) is 58.4 Å². The van der Waals surface area contributed by atoms with Crippen LogP contribution in [0, 0.1) is 12.7 Å². The van der Waals surface area contributed by atoms with Gasteiger partial charge in [0.05, 0.1) is 17.8 Å². The van der Waals surface area contributed by atoms with E-state index >= 15 is 0 Å². The van der Waals surface area contributed by atoms with Crippen molar-refractivity contribution in [1.82, 2.24) is 15.2 Å². The molecule has 1 aromatic carbocycles. The summed E-state index contributed by atoms with van der Waals surface area (Å²) in [6.07, 6.45) is 6.46. The topological polar surface area (TPSA) is 77.9 Å². The predicted molar refractivity (Wildman–Crippen MR) is 119 cm³/mol. The van der Waals surface area contributed by atoms with Crippen LogP contribution < -0.4 is 10.2 Å². The van der Waals surface area contributed by atoms with Crippen LogP contribution in [0.15, 0.2) is 41.4 Å². The number of aliphatic imine (C=N–C) groups is 1. The second-order valence-corrected chi connectivity index (χ2v) is 8.72. The Morgan fingerprint density at radius 3 is 2.81 bits per heavy atom. The Kier molecular flexibility index (Phi) is 6.13. The van der Waals surface area contributed by atoms with Gasteiger partial charge in [-0.15, -0.1) is 0 Å². The standard InChI is InChI=1S/C22H24FN5O2S/c1-14-12-27(13-16-6-8-17(23)9-7-16)22(30)28(14)21-26-15(2)19(31-21)20(29)25-11-18-5-3-4-10-24-18/h3-4,6-10,14,18H,5,11-13H2,1-2H3,(H,25,29)/t14-,18?/m0/s1. The van der Waals surface area contributed by atoms with Gasteiger partial charge in [-0.3, -0.25) is 14.7 Å². The number of aromatic nitrogens is 1. The number of thiazole rings is 1. The Morgan fingerprint density at radius 1 is 1.32 bits per heavy atom. The first kappa shape index (κ1) is 21.2. The maximum Gasteiger partial charge on any atom is 0.326 e. The van der Waals surface area contributed by atoms with Crippen LogP contribution in [-0.2, 0) is 6.54 Å². The molecule has 4 rings (SSSR count). The van der Waals surface area contributed by atoms with Crippen molar-refractivity contribution < 1.29 is 14.0 Å². The van der Waals surface area contributed by atoms with Gasteiger partial charge >= 0.3 is 6.03 Å². The highest BCUT2D eigenvalue weighted by atomic mass is 32.1. The number of carbonyl (C=O) groups excluding carboxylic acids is 2. The van der Waals surface area contributed by atoms with Gasteiger partial charge in [0.2, 0.25) is 0 Å². The predicted octanol–water partition coefficient (Wildman–Crippen LogP) is 3.55. The molecule has 1 fully saturated rings. The SMILES string of the molecule is Cc1nc(N2C(=O)N(Cc3ccc(F)cc3)C[C@@H]2C)sc1C(=O)NCC1CC=CC=N1. The molecule has 9 heteroatoms. The summed E-state index contributed by atoms with van der Waals surface area (Å²) in [5.41, 5.74) is 1.46. The van der Waals surface area contributed by atoms with E-state index < -0.39 is 0 Å². The molecule has 0 radical (unpaired) electrons. The van der Waals surface area contributed by atoms with Crippen LogP contribution in [0.1, 0.15) is 34.3 Å². The molecule has 0 aliphatic carbocycles. The summed E-state index contributed by atoms with van der Waals surface area (Å²) < 4.78 is 13.2. The van der Waals surface area contributed by atoms with Crippen LogP contribution in [0.25, 0.3) is 0 Å². The monoisotopic (exact) mass is 441 g/mol. The van der Waals surface area contributed by atoms with Crippen LogP contribution in [0.2, 0.25) is 0 Å². The highest BCUT2D eigenvalue weighted by Crippen LogP contribution is 2.32. The summed E-state index contributed by atoms with van der Waals surface area (Å²) in [6.45, 7) is 5.11. The van der Waals surface area contributed by atoms with E-state index in [9.17, 15) is 14.0 Å². The average molecular weight is 442 g/mol. The number of anilines is 1. The molecule has 1 N–H and O–H groups in total. The molecule has 3 heterocycles. The quantitative estimate of drug-likeness (QED) is 0.745. The van der Waals surface area contributed by atoms with Crippen molar-refractivity contribution in [1.29, 1.82) is 0 Å². The molecule has 1 unspecified atom stereocenters. The zero-order chi connectivity index (χ0) is 22.0. The molecule has 3 amide bonds. The van der Waals surface area contributed by atoms with Gasteiger partial charge in [-0.25, -0.2) is 14.2 Å². The van der Waals surface area contributed by atoms with Crippen molar-refractivity contribution >= 4 is 34.6 Å². The molecule has 2 atom stereocenters. The fourth-order valence-corrected chi connectivity index (χ4v) is 4.76. The Labute approximate surface area is 184 Å². The molecule has 1 saturated heterocycles. The second kappa shape index (κ2) is 8.97. The molecule has 0 bridgehead atoms. The Morgan fingerprint density at radius 2 is 2.10 bits per heavy atom. The third-order valence-electron chi connectivity index (χ3n) is 5.31. The number of nitrogens with one attached hydrogen (secondary N) is 1. The molecular formula is C22H24FN5O2S. The third-order valence-corrected chi connectivity index (χ3v) is 6.47. The number of halogens is 1. The number of hydrogen-bond acceptors (Lipinski definition) is 5. The molecule has 1 aromatic heterocycles. The van der Waals surface area contributed by atoms with Crippen LogP contribution in [0.4, 0.5) is 14.3 Å². The normalized spacial score (nSPS) is 20.5. The highest BCUT2D eigenvalue weighted by Gasteiger charge is 2.38. The molecule has 31 heavy (non-hydrogen) atoms. The fourth-order valence-electron chi connectivity index (χ4n) is 3.68. The van der Waals surface area contributed by atoms with Gasteiger partial charge < -0.3 is 10.2 Å². The van der Waals surface area contributed by atoms with E-state index in [-0.39, 0.29) is 29.8 Å². The maximum atomic E-state index is 13.2. The Bertz CT molecular complexity index is 1030. The maximum absolute atomic E-state index is 13.2. The molecule has 162 valence electrons. The van der Waals surface area contributed by atoms with Gasteiger partial charge in [0.15, 0.2) is 5.13 Å². The van der Waals surface area contributed by atoms with E-state index in [1.165, 1.54) is 23.5 Å². The Hall–Kier alpha value is -3.07. The highest BCUT2D eigenvalue weighted by molar-refractivity contribution is 7.17. The third kappa shape index (κ3) is 4.66. The zero-order valence-electron chi connectivity index (χ0n) is 17.4. The largest absolute Gasteiger partial charge is 0.349 e. The van der Waals surface area contributed by atoms with E-state index in [1.807, 2.05) is 19.1 Å². The summed E-state index contributed by atoms with van der Waals surface area (Å²) in [7, 11) is 0. The number of nitrogens with zero attached hydrogens (tertiary/aromatic N) is 4. The van der Waals surface area contributed by atoms with Crippen LogP contribution in [-0.4, -0.2) is 53.2 Å². The van der Waals surface area contributed by atoms with Crippen molar-refractivity contribution in [2.45, 2.75) is 38.9 Å². The van der Waals surface area contributed by atoms with Gasteiger partial charge in [0.1, 0.15) is 10.7 Å². The number of aryl methyl sites for hydroxylation is 1. The minimum Gasteiger partial charge on any atom is -0.349 e. The molecular weight excluding hydrogens is 417 g/mol. The summed E-state index contributed by atoms with van der Waals surface area (Å²) in [5, 5.41) is 3.44. The number of dihydropyridines is 1. The minimum atomic E-state index is -0.303. The van der Waals surface area contributed by atoms with E-state index in [4.69, 9.17) is 0 Å². The van der Waals surface area contributed by atoms with Gasteiger partial charge in [-0.1, -0.05) is 29.5 Å². The first-order valence-electron chi connectivity index (χ1n) is 10.2. The summed E-state index contributed by atoms with van der Waals surface area (Å²) >= 11 is 1.22. The lowest BCUT2D eigenvalue weighted by molar-refractivity contribution is 0.0954.